The third-order valence-corrected chi connectivity index (χ3v) is 18.2. The number of aliphatic hydroxyl groups is 1. The zero-order valence-electron chi connectivity index (χ0n) is 56.6. The van der Waals surface area contributed by atoms with Crippen molar-refractivity contribution >= 4 is 39.5 Å². The smallest absolute Gasteiger partial charge is 0.462 e. The molecule has 87 heavy (non-hydrogen) atoms. The number of unbranched alkanes of at least 4 members (excludes halogenated alkanes) is 29. The molecule has 0 heterocycles. The van der Waals surface area contributed by atoms with Gasteiger partial charge in [0.1, 0.15) is 19.3 Å². The quantitative estimate of drug-likeness (QED) is 0.0222. The van der Waals surface area contributed by atoms with E-state index in [1.54, 1.807) is 0 Å². The maximum absolute atomic E-state index is 13.0. The lowest BCUT2D eigenvalue weighted by Crippen LogP contribution is -2.30. The minimum absolute atomic E-state index is 0.103. The van der Waals surface area contributed by atoms with E-state index in [1.807, 2.05) is 0 Å². The van der Waals surface area contributed by atoms with Gasteiger partial charge in [-0.25, -0.2) is 9.13 Å². The van der Waals surface area contributed by atoms with Gasteiger partial charge in [-0.2, -0.15) is 0 Å². The monoisotopic (exact) mass is 1280 g/mol. The van der Waals surface area contributed by atoms with Crippen molar-refractivity contribution in [2.45, 2.75) is 350 Å². The van der Waals surface area contributed by atoms with E-state index in [1.165, 1.54) is 128 Å². The van der Waals surface area contributed by atoms with Crippen LogP contribution in [0.15, 0.2) is 0 Å². The van der Waals surface area contributed by atoms with Crippen molar-refractivity contribution in [1.29, 1.82) is 0 Å². The summed E-state index contributed by atoms with van der Waals surface area (Å²) in [7, 11) is -9.90. The second kappa shape index (κ2) is 57.9. The number of ether oxygens (including phenoxy) is 4. The summed E-state index contributed by atoms with van der Waals surface area (Å²) in [5.74, 6) is 0.842. The number of phosphoric acid groups is 2. The lowest BCUT2D eigenvalue weighted by Gasteiger charge is -2.21. The maximum Gasteiger partial charge on any atom is 0.472 e. The van der Waals surface area contributed by atoms with Crippen molar-refractivity contribution in [2.75, 3.05) is 39.6 Å². The Morgan fingerprint density at radius 3 is 0.816 bits per heavy atom. The second-order valence-corrected chi connectivity index (χ2v) is 28.9. The number of aliphatic hydroxyl groups excluding tert-OH is 1. The molecule has 0 fully saturated rings. The van der Waals surface area contributed by atoms with Gasteiger partial charge in [0, 0.05) is 25.7 Å². The molecule has 19 heteroatoms. The van der Waals surface area contributed by atoms with Crippen LogP contribution >= 0.6 is 15.6 Å². The third-order valence-electron chi connectivity index (χ3n) is 16.3. The van der Waals surface area contributed by atoms with Crippen molar-refractivity contribution in [3.8, 4) is 0 Å². The summed E-state index contributed by atoms with van der Waals surface area (Å²) in [5, 5.41) is 10.6. The fraction of sp³-hybridized carbons (Fsp3) is 0.941. The number of carbonyl (C=O) groups excluding carboxylic acids is 4. The molecule has 7 atom stereocenters. The minimum Gasteiger partial charge on any atom is -0.462 e. The highest BCUT2D eigenvalue weighted by molar-refractivity contribution is 7.47. The molecular weight excluding hydrogens is 1150 g/mol. The number of hydrogen-bond acceptors (Lipinski definition) is 15. The van der Waals surface area contributed by atoms with Crippen LogP contribution in [0, 0.1) is 23.7 Å². The molecular formula is C68H132O17P2. The highest BCUT2D eigenvalue weighted by Crippen LogP contribution is 2.45. The Bertz CT molecular complexity index is 1730. The summed E-state index contributed by atoms with van der Waals surface area (Å²) in [6.07, 6.45) is 39.0. The predicted octanol–water partition coefficient (Wildman–Crippen LogP) is 18.9. The first kappa shape index (κ1) is 85.1. The van der Waals surface area contributed by atoms with Gasteiger partial charge in [0.2, 0.25) is 0 Å². The van der Waals surface area contributed by atoms with Gasteiger partial charge in [-0.05, 0) is 49.4 Å². The molecule has 0 aromatic heterocycles. The Kier molecular flexibility index (Phi) is 56.6. The molecule has 3 N–H and O–H groups in total. The number of carbonyl (C=O) groups is 4. The summed E-state index contributed by atoms with van der Waals surface area (Å²) in [6, 6.07) is 0. The van der Waals surface area contributed by atoms with Crippen LogP contribution in [-0.2, 0) is 65.4 Å². The van der Waals surface area contributed by atoms with E-state index >= 15 is 0 Å². The average molecular weight is 1280 g/mol. The van der Waals surface area contributed by atoms with Crippen LogP contribution in [0.2, 0.25) is 0 Å². The lowest BCUT2D eigenvalue weighted by molar-refractivity contribution is -0.161. The molecule has 0 aromatic carbocycles. The Morgan fingerprint density at radius 2 is 0.552 bits per heavy atom. The standard InChI is InChI=1S/C68H132O17P2/c1-9-60(7)46-38-30-22-17-18-24-34-42-50-67(72)84-64(55-79-66(71)49-41-33-27-26-31-39-47-61(8)10-2)57-83-87(76,77)81-53-62(69)52-80-86(74,75)82-56-63(85-68(73)51-43-35-25-19-21-29-37-45-59(5)6)54-78-65(70)48-40-32-23-16-14-12-11-13-15-20-28-36-44-58(3)4/h58-64,69H,9-57H2,1-8H3,(H,74,75)(H,76,77)/t60?,61?,62-,63-,64-/m1/s1. The summed E-state index contributed by atoms with van der Waals surface area (Å²) < 4.78 is 68.2. The van der Waals surface area contributed by atoms with Gasteiger partial charge >= 0.3 is 39.5 Å². The molecule has 4 unspecified atom stereocenters. The summed E-state index contributed by atoms with van der Waals surface area (Å²) in [4.78, 5) is 72.4. The fourth-order valence-electron chi connectivity index (χ4n) is 10.1. The van der Waals surface area contributed by atoms with Crippen LogP contribution in [0.4, 0.5) is 0 Å². The zero-order chi connectivity index (χ0) is 64.7. The molecule has 0 aliphatic carbocycles. The fourth-order valence-corrected chi connectivity index (χ4v) is 11.7. The van der Waals surface area contributed by atoms with Crippen LogP contribution < -0.4 is 0 Å². The Morgan fingerprint density at radius 1 is 0.322 bits per heavy atom. The van der Waals surface area contributed by atoms with Gasteiger partial charge in [-0.15, -0.1) is 0 Å². The van der Waals surface area contributed by atoms with E-state index in [-0.39, 0.29) is 25.7 Å². The second-order valence-electron chi connectivity index (χ2n) is 26.0. The van der Waals surface area contributed by atoms with E-state index in [0.717, 1.165) is 114 Å². The van der Waals surface area contributed by atoms with E-state index in [0.29, 0.717) is 31.6 Å². The lowest BCUT2D eigenvalue weighted by atomic mass is 9.99. The summed E-state index contributed by atoms with van der Waals surface area (Å²) in [5.41, 5.74) is 0. The van der Waals surface area contributed by atoms with Crippen LogP contribution in [0.25, 0.3) is 0 Å². The van der Waals surface area contributed by atoms with Crippen LogP contribution in [0.3, 0.4) is 0 Å². The van der Waals surface area contributed by atoms with Gasteiger partial charge in [-0.1, -0.05) is 280 Å². The molecule has 0 aliphatic rings. The molecule has 0 saturated heterocycles. The van der Waals surface area contributed by atoms with Crippen LogP contribution in [0.1, 0.15) is 331 Å². The molecule has 0 spiro atoms. The van der Waals surface area contributed by atoms with Crippen molar-refractivity contribution in [3.05, 3.63) is 0 Å². The molecule has 0 amide bonds. The normalized spacial score (nSPS) is 15.0. The first-order valence-electron chi connectivity index (χ1n) is 35.3. The molecule has 516 valence electrons. The van der Waals surface area contributed by atoms with Crippen molar-refractivity contribution in [2.24, 2.45) is 23.7 Å². The number of phosphoric ester groups is 2. The molecule has 17 nitrogen and oxygen atoms in total. The maximum atomic E-state index is 13.0. The third kappa shape index (κ3) is 60.1. The SMILES string of the molecule is CCC(C)CCCCCCCCCCC(=O)O[C@H](COC(=O)CCCCCCCCC(C)CC)COP(=O)(O)OC[C@H](O)COP(=O)(O)OC[C@@H](COC(=O)CCCCCCCCCCCCCCC(C)C)OC(=O)CCCCCCCCCC(C)C. The average Bonchev–Trinajstić information content (AvgIpc) is 3.70. The van der Waals surface area contributed by atoms with Gasteiger partial charge < -0.3 is 33.8 Å². The Balaban J connectivity index is 5.24. The highest BCUT2D eigenvalue weighted by Gasteiger charge is 2.30. The topological polar surface area (TPSA) is 237 Å². The van der Waals surface area contributed by atoms with Crippen LogP contribution in [0.5, 0.6) is 0 Å². The minimum atomic E-state index is -4.95. The van der Waals surface area contributed by atoms with Gasteiger partial charge in [0.25, 0.3) is 0 Å². The molecule has 0 aromatic rings. The van der Waals surface area contributed by atoms with Gasteiger partial charge in [0.05, 0.1) is 26.4 Å². The van der Waals surface area contributed by atoms with Crippen molar-refractivity contribution in [1.82, 2.24) is 0 Å². The van der Waals surface area contributed by atoms with Crippen molar-refractivity contribution in [3.63, 3.8) is 0 Å². The Labute approximate surface area is 530 Å². The summed E-state index contributed by atoms with van der Waals surface area (Å²) in [6.45, 7) is 14.0. The molecule has 0 bridgehead atoms. The number of esters is 4. The van der Waals surface area contributed by atoms with E-state index in [4.69, 9.17) is 37.0 Å². The van der Waals surface area contributed by atoms with E-state index < -0.39 is 97.5 Å². The van der Waals surface area contributed by atoms with Gasteiger partial charge in [-0.3, -0.25) is 37.3 Å². The number of rotatable bonds is 65. The Hall–Kier alpha value is -1.94. The molecule has 0 saturated carbocycles. The predicted molar refractivity (Wildman–Crippen MR) is 349 cm³/mol. The molecule has 0 radical (unpaired) electrons. The first-order valence-corrected chi connectivity index (χ1v) is 38.3. The first-order chi connectivity index (χ1) is 41.7. The van der Waals surface area contributed by atoms with E-state index in [2.05, 4.69) is 55.4 Å². The summed E-state index contributed by atoms with van der Waals surface area (Å²) >= 11 is 0. The molecule has 0 aliphatic heterocycles. The van der Waals surface area contributed by atoms with Crippen molar-refractivity contribution < 1.29 is 80.2 Å². The zero-order valence-corrected chi connectivity index (χ0v) is 58.4. The largest absolute Gasteiger partial charge is 0.472 e. The molecule has 0 rings (SSSR count). The highest BCUT2D eigenvalue weighted by atomic mass is 31.2. The number of hydrogen-bond donors (Lipinski definition) is 3. The van der Waals surface area contributed by atoms with E-state index in [9.17, 15) is 43.2 Å². The van der Waals surface area contributed by atoms with Crippen LogP contribution in [-0.4, -0.2) is 96.7 Å². The van der Waals surface area contributed by atoms with Gasteiger partial charge in [0.15, 0.2) is 12.2 Å².